The highest BCUT2D eigenvalue weighted by atomic mass is 32.1. The molecule has 5 rings (SSSR count). The van der Waals surface area contributed by atoms with Crippen molar-refractivity contribution in [3.8, 4) is 5.69 Å². The summed E-state index contributed by atoms with van der Waals surface area (Å²) in [6, 6.07) is 10.4. The number of hydrogen-bond donors (Lipinski definition) is 1. The van der Waals surface area contributed by atoms with Crippen LogP contribution in [0.15, 0.2) is 53.6 Å². The maximum atomic E-state index is 13.1. The zero-order chi connectivity index (χ0) is 17.0. The first-order valence-electron chi connectivity index (χ1n) is 8.16. The first-order chi connectivity index (χ1) is 12.2. The summed E-state index contributed by atoms with van der Waals surface area (Å²) in [6.45, 7) is 0. The van der Waals surface area contributed by atoms with Gasteiger partial charge in [-0.3, -0.25) is 9.36 Å². The first-order valence-corrected chi connectivity index (χ1v) is 8.98. The summed E-state index contributed by atoms with van der Waals surface area (Å²) in [6.07, 6.45) is 5.89. The van der Waals surface area contributed by atoms with Crippen molar-refractivity contribution in [2.45, 2.75) is 18.9 Å². The van der Waals surface area contributed by atoms with Gasteiger partial charge in [0, 0.05) is 40.6 Å². The molecule has 0 spiro atoms. The summed E-state index contributed by atoms with van der Waals surface area (Å²) in [5.41, 5.74) is 1.58. The summed E-state index contributed by atoms with van der Waals surface area (Å²) in [7, 11) is 0. The summed E-state index contributed by atoms with van der Waals surface area (Å²) >= 11 is 1.40. The van der Waals surface area contributed by atoms with Gasteiger partial charge in [0.25, 0.3) is 5.56 Å². The molecule has 0 radical (unpaired) electrons. The molecular weight excluding hydrogens is 337 g/mol. The molecule has 0 bridgehead atoms. The zero-order valence-corrected chi connectivity index (χ0v) is 14.0. The molecule has 0 amide bonds. The monoisotopic (exact) mass is 351 g/mol. The van der Waals surface area contributed by atoms with Crippen molar-refractivity contribution >= 4 is 37.3 Å². The van der Waals surface area contributed by atoms with Gasteiger partial charge in [-0.2, -0.15) is 0 Å². The van der Waals surface area contributed by atoms with Crippen molar-refractivity contribution in [3.05, 3.63) is 65.0 Å². The number of aromatic nitrogens is 2. The zero-order valence-electron chi connectivity index (χ0n) is 13.2. The average molecular weight is 351 g/mol. The Labute approximate surface area is 146 Å². The van der Waals surface area contributed by atoms with E-state index < -0.39 is 0 Å². The Hall–Kier alpha value is -2.73. The van der Waals surface area contributed by atoms with E-state index in [4.69, 9.17) is 0 Å². The van der Waals surface area contributed by atoms with Crippen molar-refractivity contribution < 1.29 is 4.39 Å². The molecule has 1 aliphatic rings. The van der Waals surface area contributed by atoms with E-state index in [9.17, 15) is 9.18 Å². The van der Waals surface area contributed by atoms with E-state index in [1.54, 1.807) is 29.1 Å². The second-order valence-corrected chi connectivity index (χ2v) is 7.27. The minimum atomic E-state index is -0.320. The second-order valence-electron chi connectivity index (χ2n) is 6.27. The van der Waals surface area contributed by atoms with Gasteiger partial charge in [-0.25, -0.2) is 9.37 Å². The largest absolute Gasteiger partial charge is 0.382 e. The average Bonchev–Trinajstić information content (AvgIpc) is 3.34. The van der Waals surface area contributed by atoms with Crippen molar-refractivity contribution in [2.24, 2.45) is 0 Å². The Balaban J connectivity index is 1.74. The topological polar surface area (TPSA) is 46.9 Å². The fourth-order valence-corrected chi connectivity index (χ4v) is 4.16. The van der Waals surface area contributed by atoms with Crippen molar-refractivity contribution in [1.82, 2.24) is 9.55 Å². The lowest BCUT2D eigenvalue weighted by atomic mass is 10.2. The minimum absolute atomic E-state index is 0.107. The van der Waals surface area contributed by atoms with E-state index in [-0.39, 0.29) is 11.4 Å². The predicted molar refractivity (Wildman–Crippen MR) is 99.3 cm³/mol. The number of nitrogens with one attached hydrogen (secondary N) is 1. The molecule has 1 saturated carbocycles. The van der Waals surface area contributed by atoms with Crippen LogP contribution in [0.3, 0.4) is 0 Å². The molecule has 25 heavy (non-hydrogen) atoms. The molecule has 1 aliphatic carbocycles. The molecule has 0 atom stereocenters. The van der Waals surface area contributed by atoms with Crippen LogP contribution < -0.4 is 10.9 Å². The molecule has 4 nitrogen and oxygen atoms in total. The quantitative estimate of drug-likeness (QED) is 0.598. The highest BCUT2D eigenvalue weighted by Gasteiger charge is 2.23. The normalized spacial score (nSPS) is 14.3. The number of hydrogen-bond acceptors (Lipinski definition) is 4. The van der Waals surface area contributed by atoms with Crippen LogP contribution in [0.4, 0.5) is 10.1 Å². The maximum absolute atomic E-state index is 13.1. The van der Waals surface area contributed by atoms with Crippen molar-refractivity contribution in [2.75, 3.05) is 5.32 Å². The molecule has 1 fully saturated rings. The fraction of sp³-hybridized carbons (Fsp3) is 0.158. The molecule has 6 heteroatoms. The van der Waals surface area contributed by atoms with Gasteiger partial charge in [-0.1, -0.05) is 0 Å². The maximum Gasteiger partial charge on any atom is 0.273 e. The smallest absolute Gasteiger partial charge is 0.273 e. The molecule has 3 heterocycles. The first kappa shape index (κ1) is 14.6. The van der Waals surface area contributed by atoms with Crippen LogP contribution >= 0.6 is 11.3 Å². The van der Waals surface area contributed by atoms with Gasteiger partial charge in [0.1, 0.15) is 15.3 Å². The standard InChI is InChI=1S/C19H14FN3OS/c20-11-1-5-13(6-2-11)23-10-8-14-16-15(22-12-3-4-12)7-9-21-18(16)25-17(14)19(23)24/h1-2,5-10,12H,3-4H2,(H,21,22). The predicted octanol–water partition coefficient (Wildman–Crippen LogP) is 4.31. The summed E-state index contributed by atoms with van der Waals surface area (Å²) in [5, 5.41) is 5.45. The molecule has 0 saturated heterocycles. The number of rotatable bonds is 3. The van der Waals surface area contributed by atoms with E-state index in [0.717, 1.165) is 21.3 Å². The molecular formula is C19H14FN3OS. The Kier molecular flexibility index (Phi) is 3.15. The Morgan fingerprint density at radius 3 is 2.72 bits per heavy atom. The highest BCUT2D eigenvalue weighted by molar-refractivity contribution is 7.25. The van der Waals surface area contributed by atoms with Crippen LogP contribution in [0.2, 0.25) is 0 Å². The molecule has 1 aromatic carbocycles. The van der Waals surface area contributed by atoms with E-state index in [0.29, 0.717) is 16.4 Å². The van der Waals surface area contributed by atoms with Crippen LogP contribution in [-0.4, -0.2) is 15.6 Å². The number of nitrogens with zero attached hydrogens (tertiary/aromatic N) is 2. The third-order valence-electron chi connectivity index (χ3n) is 4.47. The van der Waals surface area contributed by atoms with E-state index in [1.165, 1.54) is 36.3 Å². The second kappa shape index (κ2) is 5.39. The van der Waals surface area contributed by atoms with Gasteiger partial charge in [0.05, 0.1) is 0 Å². The van der Waals surface area contributed by atoms with Crippen LogP contribution in [-0.2, 0) is 0 Å². The van der Waals surface area contributed by atoms with Gasteiger partial charge in [-0.15, -0.1) is 11.3 Å². The summed E-state index contributed by atoms with van der Waals surface area (Å²) < 4.78 is 15.4. The fourth-order valence-electron chi connectivity index (χ4n) is 3.06. The number of benzene rings is 1. The van der Waals surface area contributed by atoms with Crippen molar-refractivity contribution in [3.63, 3.8) is 0 Å². The lowest BCUT2D eigenvalue weighted by molar-refractivity contribution is 0.627. The van der Waals surface area contributed by atoms with Gasteiger partial charge < -0.3 is 5.32 Å². The number of anilines is 1. The minimum Gasteiger partial charge on any atom is -0.382 e. The molecule has 4 aromatic rings. The molecule has 0 unspecified atom stereocenters. The van der Waals surface area contributed by atoms with Crippen molar-refractivity contribution in [1.29, 1.82) is 0 Å². The summed E-state index contributed by atoms with van der Waals surface area (Å²) in [4.78, 5) is 18.3. The third-order valence-corrected chi connectivity index (χ3v) is 5.58. The number of pyridine rings is 2. The Bertz CT molecular complexity index is 1160. The van der Waals surface area contributed by atoms with Crippen LogP contribution in [0.5, 0.6) is 0 Å². The van der Waals surface area contributed by atoms with Crippen LogP contribution in [0.1, 0.15) is 12.8 Å². The van der Waals surface area contributed by atoms with Crippen LogP contribution in [0, 0.1) is 5.82 Å². The number of thiophene rings is 1. The molecule has 3 aromatic heterocycles. The Morgan fingerprint density at radius 1 is 1.16 bits per heavy atom. The summed E-state index contributed by atoms with van der Waals surface area (Å²) in [5.74, 6) is -0.320. The molecule has 1 N–H and O–H groups in total. The van der Waals surface area contributed by atoms with E-state index >= 15 is 0 Å². The van der Waals surface area contributed by atoms with Gasteiger partial charge in [0.15, 0.2) is 0 Å². The molecule has 0 aliphatic heterocycles. The van der Waals surface area contributed by atoms with Gasteiger partial charge in [0.2, 0.25) is 0 Å². The lowest BCUT2D eigenvalue weighted by Crippen LogP contribution is -2.16. The van der Waals surface area contributed by atoms with E-state index in [2.05, 4.69) is 10.3 Å². The highest BCUT2D eigenvalue weighted by Crippen LogP contribution is 2.37. The van der Waals surface area contributed by atoms with E-state index in [1.807, 2.05) is 12.1 Å². The number of fused-ring (bicyclic) bond motifs is 3. The lowest BCUT2D eigenvalue weighted by Gasteiger charge is -2.07. The van der Waals surface area contributed by atoms with Gasteiger partial charge >= 0.3 is 0 Å². The third kappa shape index (κ3) is 2.41. The molecule has 124 valence electrons. The van der Waals surface area contributed by atoms with Crippen LogP contribution in [0.25, 0.3) is 26.0 Å². The SMILES string of the molecule is O=c1c2sc3nccc(NC4CC4)c3c2ccn1-c1ccc(F)cc1. The number of halogens is 1. The van der Waals surface area contributed by atoms with Gasteiger partial charge in [-0.05, 0) is 49.2 Å². The Morgan fingerprint density at radius 2 is 1.96 bits per heavy atom.